The number of hydrogen-bond acceptors (Lipinski definition) is 4. The van der Waals surface area contributed by atoms with Gasteiger partial charge in [0.1, 0.15) is 0 Å². The number of rotatable bonds is 6. The molecule has 9 nitrogen and oxygen atoms in total. The zero-order chi connectivity index (χ0) is 24.7. The number of piperidine rings is 1. The molecule has 0 saturated carbocycles. The van der Waals surface area contributed by atoms with E-state index < -0.39 is 6.09 Å². The number of carbonyl (C=O) groups excluding carboxylic acids is 3. The zero-order valence-corrected chi connectivity index (χ0v) is 20.2. The SMILES string of the molecule is O=C(O)NC1CCN(C(=O)CCN2CCN(C(=O)/C=C/c3ccc(Cl)c(Cl)c3)CCC2=O)CC1. The number of nitrogens with zero attached hydrogens (tertiary/aromatic N) is 3. The lowest BCUT2D eigenvalue weighted by Crippen LogP contribution is -2.47. The summed E-state index contributed by atoms with van der Waals surface area (Å²) in [5, 5.41) is 12.1. The van der Waals surface area contributed by atoms with Crippen LogP contribution in [-0.4, -0.2) is 88.9 Å². The van der Waals surface area contributed by atoms with Crippen molar-refractivity contribution in [3.8, 4) is 0 Å². The van der Waals surface area contributed by atoms with E-state index in [1.54, 1.807) is 39.0 Å². The molecule has 0 radical (unpaired) electrons. The first-order valence-electron chi connectivity index (χ1n) is 11.2. The molecular formula is C23H28Cl2N4O5. The Morgan fingerprint density at radius 2 is 1.76 bits per heavy atom. The van der Waals surface area contributed by atoms with Gasteiger partial charge in [0.2, 0.25) is 17.7 Å². The molecule has 2 heterocycles. The fourth-order valence-corrected chi connectivity index (χ4v) is 4.36. The van der Waals surface area contributed by atoms with Crippen LogP contribution in [0.25, 0.3) is 6.08 Å². The van der Waals surface area contributed by atoms with Gasteiger partial charge in [-0.15, -0.1) is 0 Å². The molecule has 2 aliphatic rings. The van der Waals surface area contributed by atoms with E-state index in [0.717, 1.165) is 5.56 Å². The van der Waals surface area contributed by atoms with Crippen molar-refractivity contribution in [1.82, 2.24) is 20.0 Å². The summed E-state index contributed by atoms with van der Waals surface area (Å²) in [6.07, 6.45) is 3.61. The summed E-state index contributed by atoms with van der Waals surface area (Å²) >= 11 is 11.9. The molecule has 1 aromatic carbocycles. The Morgan fingerprint density at radius 1 is 1.03 bits per heavy atom. The molecule has 0 spiro atoms. The van der Waals surface area contributed by atoms with Crippen LogP contribution in [0.15, 0.2) is 24.3 Å². The number of nitrogens with one attached hydrogen (secondary N) is 1. The average molecular weight is 511 g/mol. The summed E-state index contributed by atoms with van der Waals surface area (Å²) in [7, 11) is 0. The van der Waals surface area contributed by atoms with Gasteiger partial charge in [-0.25, -0.2) is 4.79 Å². The molecule has 2 aliphatic heterocycles. The van der Waals surface area contributed by atoms with E-state index in [9.17, 15) is 19.2 Å². The van der Waals surface area contributed by atoms with E-state index in [0.29, 0.717) is 62.2 Å². The molecule has 0 bridgehead atoms. The van der Waals surface area contributed by atoms with Crippen LogP contribution in [0.2, 0.25) is 10.0 Å². The maximum atomic E-state index is 12.6. The number of likely N-dealkylation sites (tertiary alicyclic amines) is 1. The van der Waals surface area contributed by atoms with Crippen LogP contribution in [0.3, 0.4) is 0 Å². The van der Waals surface area contributed by atoms with Gasteiger partial charge in [-0.2, -0.15) is 0 Å². The second-order valence-electron chi connectivity index (χ2n) is 8.32. The van der Waals surface area contributed by atoms with Crippen molar-refractivity contribution in [2.24, 2.45) is 0 Å². The molecule has 2 N–H and O–H groups in total. The molecule has 2 fully saturated rings. The normalized spacial score (nSPS) is 17.7. The Balaban J connectivity index is 1.45. The van der Waals surface area contributed by atoms with Crippen LogP contribution >= 0.6 is 23.2 Å². The van der Waals surface area contributed by atoms with Crippen molar-refractivity contribution in [3.63, 3.8) is 0 Å². The zero-order valence-electron chi connectivity index (χ0n) is 18.7. The largest absolute Gasteiger partial charge is 0.465 e. The van der Waals surface area contributed by atoms with Crippen molar-refractivity contribution in [1.29, 1.82) is 0 Å². The number of carbonyl (C=O) groups is 4. The number of carboxylic acid groups (broad SMARTS) is 1. The van der Waals surface area contributed by atoms with Crippen molar-refractivity contribution >= 4 is 53.1 Å². The number of halogens is 2. The van der Waals surface area contributed by atoms with Crippen LogP contribution in [0.5, 0.6) is 0 Å². The Bertz CT molecular complexity index is 963. The minimum Gasteiger partial charge on any atom is -0.465 e. The number of amides is 4. The molecule has 34 heavy (non-hydrogen) atoms. The highest BCUT2D eigenvalue weighted by Gasteiger charge is 2.26. The highest BCUT2D eigenvalue weighted by atomic mass is 35.5. The van der Waals surface area contributed by atoms with Gasteiger partial charge < -0.3 is 25.1 Å². The predicted molar refractivity (Wildman–Crippen MR) is 129 cm³/mol. The van der Waals surface area contributed by atoms with Crippen LogP contribution in [-0.2, 0) is 14.4 Å². The first-order chi connectivity index (χ1) is 16.2. The second-order valence-corrected chi connectivity index (χ2v) is 9.13. The van der Waals surface area contributed by atoms with Crippen molar-refractivity contribution in [3.05, 3.63) is 39.9 Å². The molecule has 0 unspecified atom stereocenters. The molecule has 1 aromatic rings. The predicted octanol–water partition coefficient (Wildman–Crippen LogP) is 2.72. The van der Waals surface area contributed by atoms with E-state index in [1.807, 2.05) is 0 Å². The van der Waals surface area contributed by atoms with Crippen LogP contribution < -0.4 is 5.32 Å². The minimum absolute atomic E-state index is 0.0525. The van der Waals surface area contributed by atoms with Gasteiger partial charge >= 0.3 is 6.09 Å². The van der Waals surface area contributed by atoms with Gasteiger partial charge in [0, 0.05) is 64.2 Å². The van der Waals surface area contributed by atoms with E-state index >= 15 is 0 Å². The monoisotopic (exact) mass is 510 g/mol. The number of benzene rings is 1. The molecule has 3 rings (SSSR count). The lowest BCUT2D eigenvalue weighted by molar-refractivity contribution is -0.134. The van der Waals surface area contributed by atoms with Crippen molar-refractivity contribution in [2.45, 2.75) is 31.7 Å². The summed E-state index contributed by atoms with van der Waals surface area (Å²) < 4.78 is 0. The highest BCUT2D eigenvalue weighted by Crippen LogP contribution is 2.23. The fraction of sp³-hybridized carbons (Fsp3) is 0.478. The second kappa shape index (κ2) is 12.1. The van der Waals surface area contributed by atoms with Gasteiger partial charge in [-0.1, -0.05) is 29.3 Å². The van der Waals surface area contributed by atoms with Gasteiger partial charge in [-0.05, 0) is 36.6 Å². The van der Waals surface area contributed by atoms with Gasteiger partial charge in [0.15, 0.2) is 0 Å². The fourth-order valence-electron chi connectivity index (χ4n) is 4.05. The maximum absolute atomic E-state index is 12.6. The molecule has 4 amide bonds. The van der Waals surface area contributed by atoms with Crippen LogP contribution in [0.1, 0.15) is 31.2 Å². The third kappa shape index (κ3) is 7.36. The summed E-state index contributed by atoms with van der Waals surface area (Å²) in [6, 6.07) is 4.95. The van der Waals surface area contributed by atoms with Crippen LogP contribution in [0, 0.1) is 0 Å². The molecule has 0 aliphatic carbocycles. The standard InChI is InChI=1S/C23H28Cl2N4O5/c24-18-3-1-16(15-19(18)25)2-4-20(30)28-11-8-22(32)29(14-13-28)12-7-21(31)27-9-5-17(6-10-27)26-23(33)34/h1-4,15,17,26H,5-14H2,(H,33,34)/b4-2+. The third-order valence-electron chi connectivity index (χ3n) is 6.03. The van der Waals surface area contributed by atoms with Crippen LogP contribution in [0.4, 0.5) is 4.79 Å². The van der Waals surface area contributed by atoms with E-state index in [1.165, 1.54) is 6.08 Å². The van der Waals surface area contributed by atoms with E-state index in [-0.39, 0.29) is 36.6 Å². The van der Waals surface area contributed by atoms with E-state index in [4.69, 9.17) is 28.3 Å². The summed E-state index contributed by atoms with van der Waals surface area (Å²) in [5.74, 6) is -0.334. The summed E-state index contributed by atoms with van der Waals surface area (Å²) in [4.78, 5) is 53.4. The van der Waals surface area contributed by atoms with Crippen molar-refractivity contribution in [2.75, 3.05) is 39.3 Å². The van der Waals surface area contributed by atoms with Gasteiger partial charge in [0.05, 0.1) is 10.0 Å². The Morgan fingerprint density at radius 3 is 2.44 bits per heavy atom. The van der Waals surface area contributed by atoms with E-state index in [2.05, 4.69) is 5.32 Å². The minimum atomic E-state index is -1.05. The Labute approximate surface area is 208 Å². The smallest absolute Gasteiger partial charge is 0.404 e. The quantitative estimate of drug-likeness (QED) is 0.571. The average Bonchev–Trinajstić information content (AvgIpc) is 2.99. The molecule has 0 atom stereocenters. The highest BCUT2D eigenvalue weighted by molar-refractivity contribution is 6.42. The topological polar surface area (TPSA) is 110 Å². The molecule has 184 valence electrons. The lowest BCUT2D eigenvalue weighted by atomic mass is 10.0. The molecular weight excluding hydrogens is 483 g/mol. The summed E-state index contributed by atoms with van der Waals surface area (Å²) in [6.45, 7) is 2.35. The first-order valence-corrected chi connectivity index (χ1v) is 12.0. The molecule has 11 heteroatoms. The first kappa shape index (κ1) is 25.8. The van der Waals surface area contributed by atoms with Gasteiger partial charge in [0.25, 0.3) is 0 Å². The lowest BCUT2D eigenvalue weighted by Gasteiger charge is -2.32. The molecule has 0 aromatic heterocycles. The van der Waals surface area contributed by atoms with Crippen molar-refractivity contribution < 1.29 is 24.3 Å². The molecule has 2 saturated heterocycles. The number of hydrogen-bond donors (Lipinski definition) is 2. The Hall–Kier alpha value is -2.78. The maximum Gasteiger partial charge on any atom is 0.404 e. The van der Waals surface area contributed by atoms with Gasteiger partial charge in [-0.3, -0.25) is 14.4 Å². The summed E-state index contributed by atoms with van der Waals surface area (Å²) in [5.41, 5.74) is 0.747. The Kier molecular flexibility index (Phi) is 9.18. The third-order valence-corrected chi connectivity index (χ3v) is 6.77.